The molecule has 0 aliphatic heterocycles. The normalized spacial score (nSPS) is 11.6. The zero-order valence-electron chi connectivity index (χ0n) is 26.8. The first-order chi connectivity index (χ1) is 21.0. The Bertz CT molecular complexity index is 818. The Morgan fingerprint density at radius 1 is 0.674 bits per heavy atom. The summed E-state index contributed by atoms with van der Waals surface area (Å²) in [6, 6.07) is 9.46. The highest BCUT2D eigenvalue weighted by atomic mass is 16.6. The highest BCUT2D eigenvalue weighted by molar-refractivity contribution is 5.70. The Balaban J connectivity index is 1.92. The molecule has 0 aliphatic carbocycles. The van der Waals surface area contributed by atoms with E-state index in [1.165, 1.54) is 77.0 Å². The maximum absolute atomic E-state index is 12.1. The molecule has 0 bridgehead atoms. The molecule has 1 rings (SSSR count). The van der Waals surface area contributed by atoms with E-state index in [1.807, 2.05) is 30.3 Å². The van der Waals surface area contributed by atoms with Crippen molar-refractivity contribution in [1.29, 1.82) is 0 Å². The number of esters is 2. The second-order valence-electron chi connectivity index (χ2n) is 11.5. The number of amides is 1. The van der Waals surface area contributed by atoms with Crippen LogP contribution in [0.1, 0.15) is 141 Å². The van der Waals surface area contributed by atoms with Crippen LogP contribution in [0.5, 0.6) is 0 Å². The van der Waals surface area contributed by atoms with Gasteiger partial charge in [0.25, 0.3) is 0 Å². The molecule has 0 spiro atoms. The van der Waals surface area contributed by atoms with Gasteiger partial charge in [0.15, 0.2) is 6.10 Å². The number of benzene rings is 1. The maximum atomic E-state index is 12.1. The Morgan fingerprint density at radius 3 is 1.74 bits per heavy atom. The van der Waals surface area contributed by atoms with Crippen LogP contribution in [0.4, 0.5) is 4.79 Å². The van der Waals surface area contributed by atoms with Gasteiger partial charge in [-0.15, -0.1) is 0 Å². The van der Waals surface area contributed by atoms with E-state index in [2.05, 4.69) is 12.2 Å². The molecule has 0 heterocycles. The lowest BCUT2D eigenvalue weighted by molar-refractivity contribution is -0.161. The van der Waals surface area contributed by atoms with Gasteiger partial charge in [-0.25, -0.2) is 4.79 Å². The molecule has 0 radical (unpaired) electrons. The number of carbonyl (C=O) groups excluding carboxylic acids is 3. The standard InChI is InChI=1S/C35H59NO7/c1-2-3-4-5-6-7-8-9-10-11-12-13-14-15-20-26-34(39)43-32(28-37)30-41-33(38)25-21-17-22-27-36-35(40)42-29-31-23-18-16-19-24-31/h16,18-19,23-24,32,37H,2-15,17,20-22,25-30H2,1H3,(H,36,40)/t32-/m1/s1. The number of rotatable bonds is 28. The van der Waals surface area contributed by atoms with Crippen molar-refractivity contribution >= 4 is 18.0 Å². The summed E-state index contributed by atoms with van der Waals surface area (Å²) in [7, 11) is 0. The van der Waals surface area contributed by atoms with Gasteiger partial charge in [0.05, 0.1) is 6.61 Å². The summed E-state index contributed by atoms with van der Waals surface area (Å²) >= 11 is 0. The van der Waals surface area contributed by atoms with Crippen molar-refractivity contribution in [2.45, 2.75) is 148 Å². The second-order valence-corrected chi connectivity index (χ2v) is 11.5. The minimum absolute atomic E-state index is 0.144. The molecule has 2 N–H and O–H groups in total. The topological polar surface area (TPSA) is 111 Å². The number of unbranched alkanes of at least 4 members (excludes halogenated alkanes) is 16. The molecule has 1 aromatic rings. The van der Waals surface area contributed by atoms with Crippen LogP contribution in [0.15, 0.2) is 30.3 Å². The zero-order valence-corrected chi connectivity index (χ0v) is 26.8. The Labute approximate surface area is 260 Å². The van der Waals surface area contributed by atoms with Crippen molar-refractivity contribution < 1.29 is 33.7 Å². The third-order valence-corrected chi connectivity index (χ3v) is 7.46. The molecule has 246 valence electrons. The first-order valence-electron chi connectivity index (χ1n) is 17.0. The molecule has 0 fully saturated rings. The van der Waals surface area contributed by atoms with E-state index >= 15 is 0 Å². The first kappa shape index (κ1) is 38.4. The van der Waals surface area contributed by atoms with Crippen LogP contribution in [-0.4, -0.2) is 49.0 Å². The van der Waals surface area contributed by atoms with Gasteiger partial charge < -0.3 is 24.6 Å². The molecule has 43 heavy (non-hydrogen) atoms. The van der Waals surface area contributed by atoms with Crippen LogP contribution in [0.3, 0.4) is 0 Å². The van der Waals surface area contributed by atoms with E-state index in [9.17, 15) is 19.5 Å². The molecular formula is C35H59NO7. The van der Waals surface area contributed by atoms with Crippen molar-refractivity contribution in [3.05, 3.63) is 35.9 Å². The molecule has 0 aliphatic rings. The Kier molecular flexibility index (Phi) is 25.2. The number of hydrogen-bond acceptors (Lipinski definition) is 7. The fourth-order valence-corrected chi connectivity index (χ4v) is 4.80. The fourth-order valence-electron chi connectivity index (χ4n) is 4.80. The molecule has 0 saturated carbocycles. The molecule has 0 saturated heterocycles. The Morgan fingerprint density at radius 2 is 1.19 bits per heavy atom. The lowest BCUT2D eigenvalue weighted by Gasteiger charge is -2.15. The molecule has 1 aromatic carbocycles. The smallest absolute Gasteiger partial charge is 0.407 e. The lowest BCUT2D eigenvalue weighted by Crippen LogP contribution is -2.28. The molecule has 0 aromatic heterocycles. The summed E-state index contributed by atoms with van der Waals surface area (Å²) in [4.78, 5) is 35.8. The van der Waals surface area contributed by atoms with Crippen molar-refractivity contribution in [1.82, 2.24) is 5.32 Å². The summed E-state index contributed by atoms with van der Waals surface area (Å²) in [5.74, 6) is -0.758. The SMILES string of the molecule is CCCCCCCCCCCCCCCCCC(=O)O[C@H](CO)COC(=O)CCCCCNC(=O)OCc1ccccc1. The highest BCUT2D eigenvalue weighted by Gasteiger charge is 2.16. The molecule has 1 amide bonds. The van der Waals surface area contributed by atoms with Crippen LogP contribution in [0.25, 0.3) is 0 Å². The van der Waals surface area contributed by atoms with E-state index in [0.717, 1.165) is 31.2 Å². The second kappa shape index (κ2) is 28.2. The summed E-state index contributed by atoms with van der Waals surface area (Å²) in [5.41, 5.74) is 0.926. The highest BCUT2D eigenvalue weighted by Crippen LogP contribution is 2.14. The van der Waals surface area contributed by atoms with Crippen LogP contribution in [0.2, 0.25) is 0 Å². The van der Waals surface area contributed by atoms with E-state index in [-0.39, 0.29) is 32.2 Å². The van der Waals surface area contributed by atoms with Crippen molar-refractivity contribution in [3.63, 3.8) is 0 Å². The number of ether oxygens (including phenoxy) is 3. The molecular weight excluding hydrogens is 546 g/mol. The van der Waals surface area contributed by atoms with Crippen LogP contribution >= 0.6 is 0 Å². The third-order valence-electron chi connectivity index (χ3n) is 7.46. The number of hydrogen-bond donors (Lipinski definition) is 2. The van der Waals surface area contributed by atoms with E-state index < -0.39 is 18.2 Å². The number of nitrogens with one attached hydrogen (secondary N) is 1. The first-order valence-corrected chi connectivity index (χ1v) is 17.0. The third kappa shape index (κ3) is 24.5. The molecule has 0 unspecified atom stereocenters. The quantitative estimate of drug-likeness (QED) is 0.0563. The average Bonchev–Trinajstić information content (AvgIpc) is 3.02. The van der Waals surface area contributed by atoms with Crippen LogP contribution in [0, 0.1) is 0 Å². The molecule has 8 nitrogen and oxygen atoms in total. The summed E-state index contributed by atoms with van der Waals surface area (Å²) < 4.78 is 15.6. The van der Waals surface area contributed by atoms with Gasteiger partial charge in [-0.05, 0) is 24.8 Å². The van der Waals surface area contributed by atoms with Gasteiger partial charge in [-0.2, -0.15) is 0 Å². The van der Waals surface area contributed by atoms with Crippen molar-refractivity contribution in [2.24, 2.45) is 0 Å². The predicted octanol–water partition coefficient (Wildman–Crippen LogP) is 8.18. The molecule has 8 heteroatoms. The largest absolute Gasteiger partial charge is 0.462 e. The van der Waals surface area contributed by atoms with Gasteiger partial charge in [0.2, 0.25) is 0 Å². The predicted molar refractivity (Wildman–Crippen MR) is 171 cm³/mol. The summed E-state index contributed by atoms with van der Waals surface area (Å²) in [6.07, 6.45) is 20.3. The fraction of sp³-hybridized carbons (Fsp3) is 0.743. The minimum atomic E-state index is -0.834. The van der Waals surface area contributed by atoms with E-state index in [4.69, 9.17) is 14.2 Å². The van der Waals surface area contributed by atoms with Gasteiger partial charge in [-0.1, -0.05) is 134 Å². The van der Waals surface area contributed by atoms with Crippen molar-refractivity contribution in [3.8, 4) is 0 Å². The number of alkyl carbamates (subject to hydrolysis) is 1. The summed E-state index contributed by atoms with van der Waals surface area (Å²) in [5, 5.41) is 12.2. The number of carbonyl (C=O) groups is 3. The summed E-state index contributed by atoms with van der Waals surface area (Å²) in [6.45, 7) is 2.42. The molecule has 1 atom stereocenters. The minimum Gasteiger partial charge on any atom is -0.462 e. The lowest BCUT2D eigenvalue weighted by atomic mass is 10.0. The number of aliphatic hydroxyl groups is 1. The van der Waals surface area contributed by atoms with Gasteiger partial charge >= 0.3 is 18.0 Å². The van der Waals surface area contributed by atoms with E-state index in [1.54, 1.807) is 0 Å². The monoisotopic (exact) mass is 605 g/mol. The van der Waals surface area contributed by atoms with E-state index in [0.29, 0.717) is 25.8 Å². The van der Waals surface area contributed by atoms with Crippen molar-refractivity contribution in [2.75, 3.05) is 19.8 Å². The van der Waals surface area contributed by atoms with Gasteiger partial charge in [0, 0.05) is 19.4 Å². The zero-order chi connectivity index (χ0) is 31.2. The van der Waals surface area contributed by atoms with Crippen LogP contribution in [-0.2, 0) is 30.4 Å². The average molecular weight is 606 g/mol. The Hall–Kier alpha value is -2.61. The van der Waals surface area contributed by atoms with Gasteiger partial charge in [0.1, 0.15) is 13.2 Å². The maximum Gasteiger partial charge on any atom is 0.407 e. The van der Waals surface area contributed by atoms with Gasteiger partial charge in [-0.3, -0.25) is 9.59 Å². The number of aliphatic hydroxyl groups excluding tert-OH is 1. The van der Waals surface area contributed by atoms with Crippen LogP contribution < -0.4 is 5.32 Å².